The van der Waals surface area contributed by atoms with Crippen LogP contribution in [0.1, 0.15) is 24.5 Å². The molecule has 0 radical (unpaired) electrons. The Morgan fingerprint density at radius 2 is 1.96 bits per heavy atom. The van der Waals surface area contributed by atoms with E-state index in [-0.39, 0.29) is 18.6 Å². The van der Waals surface area contributed by atoms with Crippen molar-refractivity contribution in [3.05, 3.63) is 35.4 Å². The van der Waals surface area contributed by atoms with E-state index in [4.69, 9.17) is 9.84 Å². The Bertz CT molecular complexity index is 573. The third-order valence-corrected chi connectivity index (χ3v) is 4.47. The fourth-order valence-electron chi connectivity index (χ4n) is 3.05. The monoisotopic (exact) mass is 348 g/mol. The molecule has 1 amide bonds. The molecule has 6 heteroatoms. The lowest BCUT2D eigenvalue weighted by atomic mass is 10.1. The minimum atomic E-state index is -0.861. The maximum atomic E-state index is 12.5. The minimum Gasteiger partial charge on any atom is -0.480 e. The standard InChI is InChI=1S/C19H28N2O4/c1-3-15-4-6-16(7-5-15)8-9-18(22)21-10-11-25-17(13-21)12-20(2)14-19(23)24/h4-7,17H,3,8-14H2,1-2H3,(H,23,24). The molecule has 0 saturated carbocycles. The van der Waals surface area contributed by atoms with E-state index in [0.717, 1.165) is 12.8 Å². The third-order valence-electron chi connectivity index (χ3n) is 4.47. The minimum absolute atomic E-state index is 0.0262. The van der Waals surface area contributed by atoms with Crippen molar-refractivity contribution in [1.82, 2.24) is 9.80 Å². The Kier molecular flexibility index (Phi) is 7.40. The average molecular weight is 348 g/mol. The highest BCUT2D eigenvalue weighted by molar-refractivity contribution is 5.76. The summed E-state index contributed by atoms with van der Waals surface area (Å²) in [7, 11) is 1.75. The predicted octanol–water partition coefficient (Wildman–Crippen LogP) is 1.43. The summed E-state index contributed by atoms with van der Waals surface area (Å²) < 4.78 is 5.67. The second-order valence-corrected chi connectivity index (χ2v) is 6.59. The molecule has 138 valence electrons. The van der Waals surface area contributed by atoms with Crippen LogP contribution in [0.25, 0.3) is 0 Å². The number of carboxylic acids is 1. The Labute approximate surface area is 149 Å². The first-order valence-corrected chi connectivity index (χ1v) is 8.85. The number of morpholine rings is 1. The quantitative estimate of drug-likeness (QED) is 0.769. The van der Waals surface area contributed by atoms with Gasteiger partial charge in [-0.3, -0.25) is 14.5 Å². The van der Waals surface area contributed by atoms with Crippen LogP contribution < -0.4 is 0 Å². The fraction of sp³-hybridized carbons (Fsp3) is 0.579. The molecule has 1 fully saturated rings. The summed E-state index contributed by atoms with van der Waals surface area (Å²) in [6, 6.07) is 8.41. The van der Waals surface area contributed by atoms with Gasteiger partial charge in [-0.1, -0.05) is 31.2 Å². The summed E-state index contributed by atoms with van der Waals surface area (Å²) in [5.74, 6) is -0.728. The summed E-state index contributed by atoms with van der Waals surface area (Å²) >= 11 is 0. The normalized spacial score (nSPS) is 17.7. The molecular formula is C19H28N2O4. The molecule has 0 aliphatic carbocycles. The van der Waals surface area contributed by atoms with Gasteiger partial charge in [0.25, 0.3) is 0 Å². The van der Waals surface area contributed by atoms with Crippen LogP contribution in [-0.4, -0.2) is 72.7 Å². The molecule has 25 heavy (non-hydrogen) atoms. The predicted molar refractivity (Wildman–Crippen MR) is 95.6 cm³/mol. The summed E-state index contributed by atoms with van der Waals surface area (Å²) in [5.41, 5.74) is 2.48. The van der Waals surface area contributed by atoms with Crippen molar-refractivity contribution >= 4 is 11.9 Å². The number of nitrogens with zero attached hydrogens (tertiary/aromatic N) is 2. The largest absolute Gasteiger partial charge is 0.480 e. The molecule has 0 aromatic heterocycles. The molecule has 6 nitrogen and oxygen atoms in total. The first kappa shape index (κ1) is 19.4. The molecular weight excluding hydrogens is 320 g/mol. The van der Waals surface area contributed by atoms with Gasteiger partial charge in [0.05, 0.1) is 19.3 Å². The summed E-state index contributed by atoms with van der Waals surface area (Å²) in [6.45, 7) is 4.24. The molecule has 1 aliphatic rings. The highest BCUT2D eigenvalue weighted by Crippen LogP contribution is 2.11. The van der Waals surface area contributed by atoms with Crippen LogP contribution in [0, 0.1) is 0 Å². The second kappa shape index (κ2) is 9.53. The molecule has 2 rings (SSSR count). The first-order chi connectivity index (χ1) is 12.0. The number of hydrogen-bond acceptors (Lipinski definition) is 4. The molecule has 1 aromatic carbocycles. The van der Waals surface area contributed by atoms with Crippen LogP contribution in [0.5, 0.6) is 0 Å². The highest BCUT2D eigenvalue weighted by atomic mass is 16.5. The zero-order chi connectivity index (χ0) is 18.2. The number of hydrogen-bond donors (Lipinski definition) is 1. The van der Waals surface area contributed by atoms with Crippen molar-refractivity contribution in [2.75, 3.05) is 39.8 Å². The van der Waals surface area contributed by atoms with Crippen LogP contribution in [0.2, 0.25) is 0 Å². The second-order valence-electron chi connectivity index (χ2n) is 6.59. The first-order valence-electron chi connectivity index (χ1n) is 8.85. The Hall–Kier alpha value is -1.92. The lowest BCUT2D eigenvalue weighted by Gasteiger charge is -2.34. The van der Waals surface area contributed by atoms with Crippen molar-refractivity contribution in [1.29, 1.82) is 0 Å². The van der Waals surface area contributed by atoms with Crippen LogP contribution in [0.3, 0.4) is 0 Å². The Balaban J connectivity index is 1.79. The number of benzene rings is 1. The van der Waals surface area contributed by atoms with E-state index in [0.29, 0.717) is 32.7 Å². The van der Waals surface area contributed by atoms with E-state index in [1.807, 2.05) is 4.90 Å². The molecule has 1 N–H and O–H groups in total. The number of carbonyl (C=O) groups excluding carboxylic acids is 1. The number of carboxylic acid groups (broad SMARTS) is 1. The van der Waals surface area contributed by atoms with Crippen molar-refractivity contribution in [3.8, 4) is 0 Å². The van der Waals surface area contributed by atoms with Crippen molar-refractivity contribution in [2.24, 2.45) is 0 Å². The molecule has 1 saturated heterocycles. The van der Waals surface area contributed by atoms with Gasteiger partial charge in [0.2, 0.25) is 5.91 Å². The number of ether oxygens (including phenoxy) is 1. The van der Waals surface area contributed by atoms with E-state index in [1.54, 1.807) is 11.9 Å². The van der Waals surface area contributed by atoms with E-state index >= 15 is 0 Å². The SMILES string of the molecule is CCc1ccc(CCC(=O)N2CCOC(CN(C)CC(=O)O)C2)cc1. The Morgan fingerprint density at radius 1 is 1.28 bits per heavy atom. The number of carbonyl (C=O) groups is 2. The van der Waals surface area contributed by atoms with Crippen molar-refractivity contribution in [2.45, 2.75) is 32.3 Å². The number of rotatable bonds is 8. The molecule has 0 bridgehead atoms. The van der Waals surface area contributed by atoms with Gasteiger partial charge in [0.1, 0.15) is 0 Å². The number of aliphatic carboxylic acids is 1. The molecule has 0 spiro atoms. The van der Waals surface area contributed by atoms with Gasteiger partial charge in [0.15, 0.2) is 0 Å². The maximum absolute atomic E-state index is 12.5. The van der Waals surface area contributed by atoms with E-state index < -0.39 is 5.97 Å². The number of likely N-dealkylation sites (N-methyl/N-ethyl adjacent to an activating group) is 1. The molecule has 1 atom stereocenters. The molecule has 1 aromatic rings. The number of amides is 1. The van der Waals surface area contributed by atoms with Crippen molar-refractivity contribution < 1.29 is 19.4 Å². The molecule has 1 aliphatic heterocycles. The van der Waals surface area contributed by atoms with Crippen LogP contribution in [0.4, 0.5) is 0 Å². The van der Waals surface area contributed by atoms with Crippen LogP contribution in [-0.2, 0) is 27.2 Å². The topological polar surface area (TPSA) is 70.1 Å². The fourth-order valence-corrected chi connectivity index (χ4v) is 3.05. The van der Waals surface area contributed by atoms with Gasteiger partial charge in [-0.05, 0) is 31.0 Å². The third kappa shape index (κ3) is 6.48. The van der Waals surface area contributed by atoms with Gasteiger partial charge in [0, 0.05) is 26.1 Å². The Morgan fingerprint density at radius 3 is 2.60 bits per heavy atom. The van der Waals surface area contributed by atoms with Crippen LogP contribution in [0.15, 0.2) is 24.3 Å². The summed E-state index contributed by atoms with van der Waals surface area (Å²) in [5, 5.41) is 8.82. The lowest BCUT2D eigenvalue weighted by molar-refractivity contribution is -0.142. The lowest BCUT2D eigenvalue weighted by Crippen LogP contribution is -2.49. The van der Waals surface area contributed by atoms with E-state index in [9.17, 15) is 9.59 Å². The smallest absolute Gasteiger partial charge is 0.317 e. The van der Waals surface area contributed by atoms with Crippen LogP contribution >= 0.6 is 0 Å². The number of aryl methyl sites for hydroxylation is 2. The van der Waals surface area contributed by atoms with Crippen molar-refractivity contribution in [3.63, 3.8) is 0 Å². The van der Waals surface area contributed by atoms with E-state index in [1.165, 1.54) is 11.1 Å². The maximum Gasteiger partial charge on any atom is 0.317 e. The zero-order valence-corrected chi connectivity index (χ0v) is 15.1. The summed E-state index contributed by atoms with van der Waals surface area (Å²) in [6.07, 6.45) is 2.11. The molecule has 1 heterocycles. The zero-order valence-electron chi connectivity index (χ0n) is 15.1. The summed E-state index contributed by atoms with van der Waals surface area (Å²) in [4.78, 5) is 26.7. The van der Waals surface area contributed by atoms with Gasteiger partial charge < -0.3 is 14.7 Å². The van der Waals surface area contributed by atoms with Gasteiger partial charge in [-0.25, -0.2) is 0 Å². The van der Waals surface area contributed by atoms with Gasteiger partial charge in [-0.15, -0.1) is 0 Å². The van der Waals surface area contributed by atoms with E-state index in [2.05, 4.69) is 31.2 Å². The average Bonchev–Trinajstić information content (AvgIpc) is 2.59. The molecule has 1 unspecified atom stereocenters. The highest BCUT2D eigenvalue weighted by Gasteiger charge is 2.25. The van der Waals surface area contributed by atoms with Gasteiger partial charge in [-0.2, -0.15) is 0 Å². The van der Waals surface area contributed by atoms with Gasteiger partial charge >= 0.3 is 5.97 Å².